The molecule has 5 atom stereocenters. The normalized spacial score (nSPS) is 15.3. The van der Waals surface area contributed by atoms with Gasteiger partial charge in [-0.25, -0.2) is 4.79 Å². The van der Waals surface area contributed by atoms with Gasteiger partial charge in [-0.15, -0.1) is 0 Å². The van der Waals surface area contributed by atoms with Gasteiger partial charge in [-0.05, 0) is 42.5 Å². The maximum absolute atomic E-state index is 14.2. The van der Waals surface area contributed by atoms with Gasteiger partial charge in [0.2, 0.25) is 19.6 Å². The largest absolute Gasteiger partial charge is 0.459 e. The molecular formula is C34H43N2O7P. The molecule has 9 nitrogen and oxygen atoms in total. The molecule has 0 bridgehead atoms. The highest BCUT2D eigenvalue weighted by molar-refractivity contribution is 7.59. The molecule has 0 aliphatic heterocycles. The van der Waals surface area contributed by atoms with E-state index in [1.54, 1.807) is 20.8 Å². The van der Waals surface area contributed by atoms with Crippen LogP contribution >= 0.6 is 7.37 Å². The Hall–Kier alpha value is -3.78. The zero-order valence-corrected chi connectivity index (χ0v) is 26.9. The summed E-state index contributed by atoms with van der Waals surface area (Å²) in [6.45, 7) is 7.91. The van der Waals surface area contributed by atoms with Crippen molar-refractivity contribution in [3.05, 3.63) is 96.1 Å². The summed E-state index contributed by atoms with van der Waals surface area (Å²) >= 11 is 0. The van der Waals surface area contributed by atoms with Crippen molar-refractivity contribution in [1.82, 2.24) is 5.32 Å². The predicted octanol–water partition coefficient (Wildman–Crippen LogP) is 5.91. The van der Waals surface area contributed by atoms with Crippen molar-refractivity contribution in [2.75, 3.05) is 6.16 Å². The van der Waals surface area contributed by atoms with E-state index in [-0.39, 0.29) is 25.1 Å². The maximum Gasteiger partial charge on any atom is 0.328 e. The van der Waals surface area contributed by atoms with Crippen molar-refractivity contribution >= 4 is 25.2 Å². The van der Waals surface area contributed by atoms with Crippen molar-refractivity contribution in [3.63, 3.8) is 0 Å². The average Bonchev–Trinajstić information content (AvgIpc) is 3.00. The first kappa shape index (κ1) is 34.7. The van der Waals surface area contributed by atoms with E-state index in [9.17, 15) is 18.9 Å². The van der Waals surface area contributed by atoms with Crippen LogP contribution in [0.25, 0.3) is 11.1 Å². The van der Waals surface area contributed by atoms with Gasteiger partial charge in [-0.1, -0.05) is 98.8 Å². The van der Waals surface area contributed by atoms with Gasteiger partial charge in [0, 0.05) is 19.0 Å². The van der Waals surface area contributed by atoms with E-state index in [1.165, 1.54) is 13.8 Å². The fourth-order valence-electron chi connectivity index (χ4n) is 4.46. The molecule has 0 saturated heterocycles. The average molecular weight is 623 g/mol. The van der Waals surface area contributed by atoms with E-state index in [0.717, 1.165) is 22.3 Å². The Morgan fingerprint density at radius 1 is 0.818 bits per heavy atom. The predicted molar refractivity (Wildman–Crippen MR) is 171 cm³/mol. The summed E-state index contributed by atoms with van der Waals surface area (Å²) in [6.07, 6.45) is -1.13. The molecule has 2 unspecified atom stereocenters. The van der Waals surface area contributed by atoms with Crippen LogP contribution in [0.5, 0.6) is 0 Å². The Kier molecular flexibility index (Phi) is 12.9. The van der Waals surface area contributed by atoms with Crippen LogP contribution in [0.4, 0.5) is 0 Å². The van der Waals surface area contributed by atoms with E-state index in [4.69, 9.17) is 19.7 Å². The minimum atomic E-state index is -3.76. The van der Waals surface area contributed by atoms with Crippen LogP contribution < -0.4 is 11.1 Å². The second-order valence-electron chi connectivity index (χ2n) is 11.3. The van der Waals surface area contributed by atoms with E-state index in [1.807, 2.05) is 84.9 Å². The molecule has 10 heteroatoms. The lowest BCUT2D eigenvalue weighted by atomic mass is 9.97. The second kappa shape index (κ2) is 16.3. The molecule has 0 aliphatic rings. The van der Waals surface area contributed by atoms with Gasteiger partial charge in [-0.3, -0.25) is 18.7 Å². The number of benzene rings is 3. The summed E-state index contributed by atoms with van der Waals surface area (Å²) in [5.74, 6) is -3.85. The molecule has 0 aliphatic carbocycles. The number of rotatable bonds is 15. The minimum absolute atomic E-state index is 0.0670. The molecule has 3 aromatic carbocycles. The molecule has 0 fully saturated rings. The van der Waals surface area contributed by atoms with Crippen molar-refractivity contribution in [2.45, 2.75) is 65.8 Å². The molecule has 1 amide bonds. The number of carbonyl (C=O) groups is 3. The smallest absolute Gasteiger partial charge is 0.328 e. The van der Waals surface area contributed by atoms with Crippen LogP contribution in [-0.4, -0.2) is 42.1 Å². The van der Waals surface area contributed by atoms with Gasteiger partial charge < -0.3 is 20.5 Å². The highest BCUT2D eigenvalue weighted by Gasteiger charge is 2.39. The minimum Gasteiger partial charge on any atom is -0.459 e. The summed E-state index contributed by atoms with van der Waals surface area (Å²) < 4.78 is 30.8. The number of amides is 1. The Morgan fingerprint density at radius 2 is 1.39 bits per heavy atom. The van der Waals surface area contributed by atoms with Gasteiger partial charge in [-0.2, -0.15) is 0 Å². The van der Waals surface area contributed by atoms with Gasteiger partial charge in [0.1, 0.15) is 12.6 Å². The SMILES string of the molecule is CC(=O)OC(OP(=O)(C[C@H](Cc1ccc(-c2ccccc2)cc1)C(=O)N[C@@H](C)C(=O)OCc1ccccc1)[C@H](C)N)C(C)C. The lowest BCUT2D eigenvalue weighted by Gasteiger charge is -2.31. The fourth-order valence-corrected chi connectivity index (χ4v) is 6.62. The van der Waals surface area contributed by atoms with E-state index >= 15 is 0 Å². The van der Waals surface area contributed by atoms with Crippen LogP contribution in [0, 0.1) is 11.8 Å². The molecule has 3 rings (SSSR count). The van der Waals surface area contributed by atoms with Crippen molar-refractivity contribution in [1.29, 1.82) is 0 Å². The first-order valence-electron chi connectivity index (χ1n) is 14.7. The van der Waals surface area contributed by atoms with Crippen LogP contribution in [0.15, 0.2) is 84.9 Å². The number of esters is 2. The molecule has 0 saturated carbocycles. The molecule has 0 radical (unpaired) electrons. The number of nitrogens with two attached hydrogens (primary N) is 1. The van der Waals surface area contributed by atoms with Crippen LogP contribution in [0.2, 0.25) is 0 Å². The Balaban J connectivity index is 1.83. The van der Waals surface area contributed by atoms with Crippen LogP contribution in [0.1, 0.15) is 45.7 Å². The Labute approximate surface area is 259 Å². The van der Waals surface area contributed by atoms with Crippen LogP contribution in [0.3, 0.4) is 0 Å². The number of carbonyl (C=O) groups excluding carboxylic acids is 3. The number of nitrogens with one attached hydrogen (secondary N) is 1. The third kappa shape index (κ3) is 10.4. The highest BCUT2D eigenvalue weighted by Crippen LogP contribution is 2.53. The summed E-state index contributed by atoms with van der Waals surface area (Å²) in [4.78, 5) is 38.2. The first-order valence-corrected chi connectivity index (χ1v) is 16.6. The fraction of sp³-hybridized carbons (Fsp3) is 0.382. The molecule has 236 valence electrons. The lowest BCUT2D eigenvalue weighted by Crippen LogP contribution is -2.44. The maximum atomic E-state index is 14.2. The third-order valence-electron chi connectivity index (χ3n) is 7.05. The quantitative estimate of drug-likeness (QED) is 0.122. The third-order valence-corrected chi connectivity index (χ3v) is 9.81. The molecule has 44 heavy (non-hydrogen) atoms. The number of ether oxygens (including phenoxy) is 2. The molecular weight excluding hydrogens is 579 g/mol. The standard InChI is InChI=1S/C34H43N2O7P/c1-23(2)34(42-26(5)37)43-44(40,25(4)35)22-31(20-27-16-18-30(19-17-27)29-14-10-7-11-15-29)32(38)36-24(3)33(39)41-21-28-12-8-6-9-13-28/h6-19,23-25,31,34H,20-22,35H2,1-5H3,(H,36,38)/t24-,25+,31-,34?,44?/m0/s1. The zero-order chi connectivity index (χ0) is 32.3. The summed E-state index contributed by atoms with van der Waals surface area (Å²) in [5.41, 5.74) is 9.89. The molecule has 0 spiro atoms. The monoisotopic (exact) mass is 622 g/mol. The summed E-state index contributed by atoms with van der Waals surface area (Å²) in [5, 5.41) is 2.73. The molecule has 0 heterocycles. The summed E-state index contributed by atoms with van der Waals surface area (Å²) in [6, 6.07) is 25.9. The van der Waals surface area contributed by atoms with E-state index in [2.05, 4.69) is 5.32 Å². The first-order chi connectivity index (χ1) is 20.9. The number of hydrogen-bond donors (Lipinski definition) is 2. The van der Waals surface area contributed by atoms with Gasteiger partial charge >= 0.3 is 11.9 Å². The van der Waals surface area contributed by atoms with E-state index < -0.39 is 49.2 Å². The van der Waals surface area contributed by atoms with Gasteiger partial charge in [0.05, 0.1) is 11.7 Å². The second-order valence-corrected chi connectivity index (χ2v) is 14.1. The molecule has 3 N–H and O–H groups in total. The van der Waals surface area contributed by atoms with Gasteiger partial charge in [0.25, 0.3) is 0 Å². The van der Waals surface area contributed by atoms with E-state index in [0.29, 0.717) is 0 Å². The van der Waals surface area contributed by atoms with Crippen LogP contribution in [-0.2, 0) is 46.0 Å². The lowest BCUT2D eigenvalue weighted by molar-refractivity contribution is -0.166. The Morgan fingerprint density at radius 3 is 1.93 bits per heavy atom. The van der Waals surface area contributed by atoms with Crippen molar-refractivity contribution in [3.8, 4) is 11.1 Å². The van der Waals surface area contributed by atoms with Crippen molar-refractivity contribution < 1.29 is 32.9 Å². The molecule has 0 aromatic heterocycles. The highest BCUT2D eigenvalue weighted by atomic mass is 31.2. The zero-order valence-electron chi connectivity index (χ0n) is 26.0. The van der Waals surface area contributed by atoms with Crippen molar-refractivity contribution in [2.24, 2.45) is 17.6 Å². The summed E-state index contributed by atoms with van der Waals surface area (Å²) in [7, 11) is -3.76. The Bertz CT molecular complexity index is 1410. The molecule has 3 aromatic rings. The number of hydrogen-bond acceptors (Lipinski definition) is 8. The topological polar surface area (TPSA) is 134 Å². The van der Waals surface area contributed by atoms with Gasteiger partial charge in [0.15, 0.2) is 0 Å².